The molecule has 0 amide bonds. The van der Waals surface area contributed by atoms with Gasteiger partial charge in [0.1, 0.15) is 0 Å². The van der Waals surface area contributed by atoms with Gasteiger partial charge >= 0.3 is 0 Å². The first-order chi connectivity index (χ1) is 8.27. The second kappa shape index (κ2) is 4.93. The lowest BCUT2D eigenvalue weighted by Crippen LogP contribution is -2.41. The highest BCUT2D eigenvalue weighted by Gasteiger charge is 2.39. The molecule has 0 aromatic rings. The predicted molar refractivity (Wildman–Crippen MR) is 71.5 cm³/mol. The summed E-state index contributed by atoms with van der Waals surface area (Å²) >= 11 is 6.20. The second-order valence-corrected chi connectivity index (χ2v) is 6.64. The Morgan fingerprint density at radius 2 is 2.00 bits per heavy atom. The molecule has 1 saturated heterocycles. The minimum Gasteiger partial charge on any atom is -0.375 e. The summed E-state index contributed by atoms with van der Waals surface area (Å²) in [6, 6.07) is 0. The molecule has 3 rings (SSSR count). The van der Waals surface area contributed by atoms with Gasteiger partial charge in [-0.05, 0) is 44.4 Å². The number of alkyl halides is 1. The van der Waals surface area contributed by atoms with Crippen molar-refractivity contribution in [3.05, 3.63) is 11.6 Å². The molecule has 3 aliphatic rings. The molecule has 2 aliphatic carbocycles. The molecule has 0 bridgehead atoms. The van der Waals surface area contributed by atoms with E-state index in [1.54, 1.807) is 5.57 Å². The largest absolute Gasteiger partial charge is 0.375 e. The molecule has 17 heavy (non-hydrogen) atoms. The normalized spacial score (nSPS) is 37.1. The van der Waals surface area contributed by atoms with E-state index < -0.39 is 0 Å². The second-order valence-electron chi connectivity index (χ2n) is 6.08. The zero-order valence-electron chi connectivity index (χ0n) is 10.6. The summed E-state index contributed by atoms with van der Waals surface area (Å²) in [7, 11) is 0. The number of allylic oxidation sites excluding steroid dienone is 2. The van der Waals surface area contributed by atoms with E-state index in [0.717, 1.165) is 18.9 Å². The minimum absolute atomic E-state index is 0.242. The summed E-state index contributed by atoms with van der Waals surface area (Å²) in [5.41, 5.74) is 1.88. The smallest absolute Gasteiger partial charge is 0.0688 e. The van der Waals surface area contributed by atoms with Crippen LogP contribution >= 0.6 is 11.6 Å². The molecule has 2 fully saturated rings. The molecule has 0 aromatic heterocycles. The fourth-order valence-corrected chi connectivity index (χ4v) is 4.20. The maximum absolute atomic E-state index is 6.20. The van der Waals surface area contributed by atoms with Crippen LogP contribution in [0.4, 0.5) is 0 Å². The summed E-state index contributed by atoms with van der Waals surface area (Å²) in [5, 5.41) is 0.301. The van der Waals surface area contributed by atoms with E-state index in [1.165, 1.54) is 51.4 Å². The molecule has 2 unspecified atom stereocenters. The fraction of sp³-hybridized carbons (Fsp3) is 0.867. The predicted octanol–water partition coefficient (Wildman–Crippen LogP) is 4.44. The van der Waals surface area contributed by atoms with E-state index in [9.17, 15) is 0 Å². The van der Waals surface area contributed by atoms with Gasteiger partial charge in [0.05, 0.1) is 11.0 Å². The van der Waals surface area contributed by atoms with Crippen molar-refractivity contribution < 1.29 is 4.74 Å². The molecule has 1 nitrogen and oxygen atoms in total. The Morgan fingerprint density at radius 1 is 1.18 bits per heavy atom. The quantitative estimate of drug-likeness (QED) is 0.496. The number of ether oxygens (including phenoxy) is 1. The van der Waals surface area contributed by atoms with E-state index in [0.29, 0.717) is 5.38 Å². The van der Waals surface area contributed by atoms with Crippen LogP contribution in [0.25, 0.3) is 0 Å². The Labute approximate surface area is 110 Å². The lowest BCUT2D eigenvalue weighted by molar-refractivity contribution is -0.112. The average molecular weight is 255 g/mol. The van der Waals surface area contributed by atoms with Gasteiger partial charge in [-0.2, -0.15) is 0 Å². The molecule has 2 atom stereocenters. The molecule has 1 heterocycles. The van der Waals surface area contributed by atoms with Gasteiger partial charge in [0.15, 0.2) is 0 Å². The summed E-state index contributed by atoms with van der Waals surface area (Å²) < 4.78 is 6.16. The van der Waals surface area contributed by atoms with Crippen LogP contribution in [0.15, 0.2) is 11.6 Å². The molecule has 1 spiro atoms. The zero-order valence-corrected chi connectivity index (χ0v) is 11.3. The third kappa shape index (κ3) is 2.56. The van der Waals surface area contributed by atoms with Crippen molar-refractivity contribution in [1.82, 2.24) is 0 Å². The lowest BCUT2D eigenvalue weighted by atomic mass is 9.74. The van der Waals surface area contributed by atoms with Crippen molar-refractivity contribution in [1.29, 1.82) is 0 Å². The van der Waals surface area contributed by atoms with Crippen LogP contribution in [0.2, 0.25) is 0 Å². The van der Waals surface area contributed by atoms with Crippen LogP contribution in [0.3, 0.4) is 0 Å². The Bertz CT molecular complexity index is 299. The third-order valence-electron chi connectivity index (χ3n) is 4.89. The summed E-state index contributed by atoms with van der Waals surface area (Å²) in [4.78, 5) is 0. The lowest BCUT2D eigenvalue weighted by Gasteiger charge is -2.44. The average Bonchev–Trinajstić information content (AvgIpc) is 2.77. The highest BCUT2D eigenvalue weighted by atomic mass is 35.5. The molecule has 1 aliphatic heterocycles. The molecular formula is C15H23ClO. The van der Waals surface area contributed by atoms with Crippen molar-refractivity contribution in [2.24, 2.45) is 5.92 Å². The molecule has 0 aromatic carbocycles. The third-order valence-corrected chi connectivity index (χ3v) is 5.23. The highest BCUT2D eigenvalue weighted by Crippen LogP contribution is 2.44. The standard InChI is InChI=1S/C15H23ClO/c16-14-5-4-12(10-14)13-6-9-17-15(11-13)7-2-1-3-8-15/h10,13-14H,1-9,11H2. The van der Waals surface area contributed by atoms with Gasteiger partial charge in [-0.25, -0.2) is 0 Å². The van der Waals surface area contributed by atoms with Gasteiger partial charge in [-0.15, -0.1) is 11.6 Å². The first-order valence-electron chi connectivity index (χ1n) is 7.26. The fourth-order valence-electron chi connectivity index (χ4n) is 3.93. The van der Waals surface area contributed by atoms with Crippen molar-refractivity contribution in [2.45, 2.75) is 68.8 Å². The Kier molecular flexibility index (Phi) is 3.49. The van der Waals surface area contributed by atoms with Gasteiger partial charge in [0.25, 0.3) is 0 Å². The van der Waals surface area contributed by atoms with Gasteiger partial charge < -0.3 is 4.74 Å². The summed E-state index contributed by atoms with van der Waals surface area (Å²) in [6.07, 6.45) is 13.9. The van der Waals surface area contributed by atoms with E-state index in [1.807, 2.05) is 0 Å². The monoisotopic (exact) mass is 254 g/mol. The molecule has 1 saturated carbocycles. The molecule has 96 valence electrons. The van der Waals surface area contributed by atoms with Crippen molar-refractivity contribution in [3.63, 3.8) is 0 Å². The number of hydrogen-bond donors (Lipinski definition) is 0. The van der Waals surface area contributed by atoms with Gasteiger partial charge in [0, 0.05) is 6.61 Å². The Hall–Kier alpha value is -0.0100. The van der Waals surface area contributed by atoms with Gasteiger partial charge in [-0.1, -0.05) is 30.9 Å². The highest BCUT2D eigenvalue weighted by molar-refractivity contribution is 6.22. The molecule has 0 radical (unpaired) electrons. The number of halogens is 1. The van der Waals surface area contributed by atoms with Crippen molar-refractivity contribution >= 4 is 11.6 Å². The zero-order chi connectivity index (χ0) is 11.7. The van der Waals surface area contributed by atoms with Crippen LogP contribution in [0.1, 0.15) is 57.8 Å². The molecular weight excluding hydrogens is 232 g/mol. The number of rotatable bonds is 1. The van der Waals surface area contributed by atoms with Crippen LogP contribution in [0.5, 0.6) is 0 Å². The van der Waals surface area contributed by atoms with Crippen LogP contribution in [-0.2, 0) is 4.74 Å². The van der Waals surface area contributed by atoms with E-state index in [-0.39, 0.29) is 5.60 Å². The molecule has 0 N–H and O–H groups in total. The van der Waals surface area contributed by atoms with Crippen molar-refractivity contribution in [2.75, 3.05) is 6.61 Å². The Morgan fingerprint density at radius 3 is 2.71 bits per heavy atom. The van der Waals surface area contributed by atoms with E-state index >= 15 is 0 Å². The first-order valence-corrected chi connectivity index (χ1v) is 7.70. The molecule has 2 heteroatoms. The van der Waals surface area contributed by atoms with Gasteiger partial charge in [0.2, 0.25) is 0 Å². The van der Waals surface area contributed by atoms with Crippen LogP contribution in [-0.4, -0.2) is 17.6 Å². The maximum Gasteiger partial charge on any atom is 0.0688 e. The summed E-state index contributed by atoms with van der Waals surface area (Å²) in [5.74, 6) is 0.769. The topological polar surface area (TPSA) is 9.23 Å². The summed E-state index contributed by atoms with van der Waals surface area (Å²) in [6.45, 7) is 0.967. The van der Waals surface area contributed by atoms with E-state index in [2.05, 4.69) is 6.08 Å². The first kappa shape index (κ1) is 12.0. The van der Waals surface area contributed by atoms with Gasteiger partial charge in [-0.3, -0.25) is 0 Å². The maximum atomic E-state index is 6.20. The Balaban J connectivity index is 1.69. The number of hydrogen-bond acceptors (Lipinski definition) is 1. The SMILES string of the molecule is ClC1C=C(C2CCOC3(CCCCC3)C2)CC1. The minimum atomic E-state index is 0.242. The van der Waals surface area contributed by atoms with E-state index in [4.69, 9.17) is 16.3 Å². The van der Waals surface area contributed by atoms with Crippen LogP contribution < -0.4 is 0 Å². The van der Waals surface area contributed by atoms with Crippen LogP contribution in [0, 0.1) is 5.92 Å². The van der Waals surface area contributed by atoms with Crippen molar-refractivity contribution in [3.8, 4) is 0 Å².